The lowest BCUT2D eigenvalue weighted by atomic mass is 10.1. The number of benzene rings is 1. The fourth-order valence-corrected chi connectivity index (χ4v) is 2.59. The fourth-order valence-electron chi connectivity index (χ4n) is 2.59. The van der Waals surface area contributed by atoms with E-state index in [0.717, 1.165) is 28.2 Å². The van der Waals surface area contributed by atoms with E-state index in [1.54, 1.807) is 13.0 Å². The highest BCUT2D eigenvalue weighted by Crippen LogP contribution is 2.26. The molecule has 2 aromatic heterocycles. The molecule has 0 amide bonds. The van der Waals surface area contributed by atoms with E-state index in [1.165, 1.54) is 11.6 Å². The molecule has 0 aliphatic carbocycles. The summed E-state index contributed by atoms with van der Waals surface area (Å²) in [6, 6.07) is 12.2. The predicted molar refractivity (Wildman–Crippen MR) is 95.8 cm³/mol. The zero-order valence-corrected chi connectivity index (χ0v) is 14.1. The van der Waals surface area contributed by atoms with Crippen LogP contribution in [0.3, 0.4) is 0 Å². The first-order chi connectivity index (χ1) is 11.6. The van der Waals surface area contributed by atoms with Gasteiger partial charge in [-0.1, -0.05) is 35.9 Å². The summed E-state index contributed by atoms with van der Waals surface area (Å²) in [6.45, 7) is 6.24. The van der Waals surface area contributed by atoms with Gasteiger partial charge in [0.05, 0.1) is 18.0 Å². The van der Waals surface area contributed by atoms with Crippen LogP contribution in [0.25, 0.3) is 23.0 Å². The van der Waals surface area contributed by atoms with Crippen LogP contribution in [0, 0.1) is 13.8 Å². The summed E-state index contributed by atoms with van der Waals surface area (Å²) in [7, 11) is 0. The molecular weight excluding hydrogens is 300 g/mol. The van der Waals surface area contributed by atoms with E-state index in [9.17, 15) is 4.79 Å². The second-order valence-corrected chi connectivity index (χ2v) is 5.73. The number of rotatable bonds is 4. The van der Waals surface area contributed by atoms with E-state index in [1.807, 2.05) is 41.8 Å². The van der Waals surface area contributed by atoms with Gasteiger partial charge in [-0.3, -0.25) is 4.40 Å². The topological polar surface area (TPSA) is 43.6 Å². The van der Waals surface area contributed by atoms with Gasteiger partial charge >= 0.3 is 5.97 Å². The lowest BCUT2D eigenvalue weighted by Gasteiger charge is -2.02. The molecule has 4 heteroatoms. The highest BCUT2D eigenvalue weighted by atomic mass is 16.5. The van der Waals surface area contributed by atoms with Gasteiger partial charge in [-0.25, -0.2) is 9.78 Å². The molecule has 0 fully saturated rings. The van der Waals surface area contributed by atoms with Crippen LogP contribution < -0.4 is 0 Å². The minimum absolute atomic E-state index is 0.352. The van der Waals surface area contributed by atoms with Crippen molar-refractivity contribution in [2.45, 2.75) is 20.8 Å². The maximum Gasteiger partial charge on any atom is 0.330 e. The van der Waals surface area contributed by atoms with E-state index in [-0.39, 0.29) is 5.97 Å². The molecular formula is C20H20N2O2. The fraction of sp³-hybridized carbons (Fsp3) is 0.200. The molecule has 0 saturated carbocycles. The molecule has 0 bridgehead atoms. The van der Waals surface area contributed by atoms with Crippen molar-refractivity contribution in [2.75, 3.05) is 6.61 Å². The van der Waals surface area contributed by atoms with Gasteiger partial charge in [-0.05, 0) is 38.5 Å². The normalized spacial score (nSPS) is 11.3. The first kappa shape index (κ1) is 16.0. The maximum atomic E-state index is 11.7. The second kappa shape index (κ2) is 6.71. The largest absolute Gasteiger partial charge is 0.463 e. The van der Waals surface area contributed by atoms with Crippen molar-refractivity contribution in [2.24, 2.45) is 0 Å². The van der Waals surface area contributed by atoms with Crippen molar-refractivity contribution in [3.05, 3.63) is 65.5 Å². The third-order valence-corrected chi connectivity index (χ3v) is 3.79. The molecule has 0 unspecified atom stereocenters. The Bertz CT molecular complexity index is 905. The summed E-state index contributed by atoms with van der Waals surface area (Å²) in [4.78, 5) is 16.4. The van der Waals surface area contributed by atoms with Crippen LogP contribution in [-0.4, -0.2) is 22.0 Å². The first-order valence-electron chi connectivity index (χ1n) is 7.99. The number of aromatic nitrogens is 2. The quantitative estimate of drug-likeness (QED) is 0.534. The Hall–Kier alpha value is -2.88. The molecule has 0 aliphatic rings. The number of esters is 1. The summed E-state index contributed by atoms with van der Waals surface area (Å²) in [5, 5.41) is 0. The molecule has 0 atom stereocenters. The smallest absolute Gasteiger partial charge is 0.330 e. The molecule has 122 valence electrons. The van der Waals surface area contributed by atoms with E-state index in [0.29, 0.717) is 6.61 Å². The van der Waals surface area contributed by atoms with Gasteiger partial charge in [-0.15, -0.1) is 0 Å². The minimum atomic E-state index is -0.352. The highest BCUT2D eigenvalue weighted by Gasteiger charge is 2.12. The lowest BCUT2D eigenvalue weighted by Crippen LogP contribution is -1.99. The van der Waals surface area contributed by atoms with Gasteiger partial charge in [0.25, 0.3) is 0 Å². The van der Waals surface area contributed by atoms with Crippen molar-refractivity contribution in [1.82, 2.24) is 9.38 Å². The maximum absolute atomic E-state index is 11.7. The number of nitrogens with zero attached hydrogens (tertiary/aromatic N) is 2. The third-order valence-electron chi connectivity index (χ3n) is 3.79. The van der Waals surface area contributed by atoms with Crippen LogP contribution >= 0.6 is 0 Å². The Labute approximate surface area is 141 Å². The summed E-state index contributed by atoms with van der Waals surface area (Å²) in [5.41, 5.74) is 5.90. The summed E-state index contributed by atoms with van der Waals surface area (Å²) >= 11 is 0. The van der Waals surface area contributed by atoms with Crippen LogP contribution in [0.2, 0.25) is 0 Å². The van der Waals surface area contributed by atoms with Gasteiger partial charge in [0.2, 0.25) is 0 Å². The van der Waals surface area contributed by atoms with Crippen molar-refractivity contribution in [1.29, 1.82) is 0 Å². The SMILES string of the molecule is CCOC(=O)/C=C/c1c(-c2ccc(C)cc2)nc2ccc(C)cn12. The Morgan fingerprint density at radius 1 is 1.12 bits per heavy atom. The van der Waals surface area contributed by atoms with Crippen molar-refractivity contribution in [3.63, 3.8) is 0 Å². The van der Waals surface area contributed by atoms with E-state index in [2.05, 4.69) is 19.1 Å². The zero-order chi connectivity index (χ0) is 17.1. The average Bonchev–Trinajstić information content (AvgIpc) is 2.91. The number of aryl methyl sites for hydroxylation is 2. The lowest BCUT2D eigenvalue weighted by molar-refractivity contribution is -0.137. The molecule has 0 spiro atoms. The molecule has 1 aromatic carbocycles. The van der Waals surface area contributed by atoms with Gasteiger partial charge < -0.3 is 4.74 Å². The number of hydrogen-bond donors (Lipinski definition) is 0. The first-order valence-corrected chi connectivity index (χ1v) is 7.99. The molecule has 0 radical (unpaired) electrons. The summed E-state index contributed by atoms with van der Waals surface area (Å²) < 4.78 is 6.98. The van der Waals surface area contributed by atoms with Crippen molar-refractivity contribution in [3.8, 4) is 11.3 Å². The molecule has 3 aromatic rings. The van der Waals surface area contributed by atoms with Gasteiger partial charge in [0.1, 0.15) is 5.65 Å². The van der Waals surface area contributed by atoms with Gasteiger partial charge in [0.15, 0.2) is 0 Å². The van der Waals surface area contributed by atoms with Crippen LogP contribution in [0.15, 0.2) is 48.7 Å². The number of ether oxygens (including phenoxy) is 1. The van der Waals surface area contributed by atoms with Crippen molar-refractivity contribution >= 4 is 17.7 Å². The second-order valence-electron chi connectivity index (χ2n) is 5.73. The van der Waals surface area contributed by atoms with E-state index >= 15 is 0 Å². The number of imidazole rings is 1. The Balaban J connectivity index is 2.15. The standard InChI is InChI=1S/C20H20N2O2/c1-4-24-19(23)12-10-17-20(16-8-5-14(2)6-9-16)21-18-11-7-15(3)13-22(17)18/h5-13H,4H2,1-3H3/b12-10+. The van der Waals surface area contributed by atoms with Crippen LogP contribution in [0.5, 0.6) is 0 Å². The molecule has 4 nitrogen and oxygen atoms in total. The third kappa shape index (κ3) is 3.23. The zero-order valence-electron chi connectivity index (χ0n) is 14.1. The van der Waals surface area contributed by atoms with Crippen LogP contribution in [-0.2, 0) is 9.53 Å². The Morgan fingerprint density at radius 2 is 1.83 bits per heavy atom. The van der Waals surface area contributed by atoms with Crippen molar-refractivity contribution < 1.29 is 9.53 Å². The van der Waals surface area contributed by atoms with Gasteiger partial charge in [-0.2, -0.15) is 0 Å². The monoisotopic (exact) mass is 320 g/mol. The predicted octanol–water partition coefficient (Wildman–Crippen LogP) is 4.19. The number of pyridine rings is 1. The molecule has 0 N–H and O–H groups in total. The number of carbonyl (C=O) groups excluding carboxylic acids is 1. The molecule has 0 saturated heterocycles. The number of fused-ring (bicyclic) bond motifs is 1. The van der Waals surface area contributed by atoms with E-state index in [4.69, 9.17) is 9.72 Å². The summed E-state index contributed by atoms with van der Waals surface area (Å²) in [5.74, 6) is -0.352. The molecule has 0 aliphatic heterocycles. The highest BCUT2D eigenvalue weighted by molar-refractivity contribution is 5.88. The Morgan fingerprint density at radius 3 is 2.54 bits per heavy atom. The van der Waals surface area contributed by atoms with Gasteiger partial charge in [0, 0.05) is 17.8 Å². The minimum Gasteiger partial charge on any atom is -0.463 e. The average molecular weight is 320 g/mol. The van der Waals surface area contributed by atoms with Crippen LogP contribution in [0.1, 0.15) is 23.7 Å². The Kier molecular flexibility index (Phi) is 4.47. The van der Waals surface area contributed by atoms with E-state index < -0.39 is 0 Å². The molecule has 2 heterocycles. The number of hydrogen-bond acceptors (Lipinski definition) is 3. The summed E-state index contributed by atoms with van der Waals surface area (Å²) in [6.07, 6.45) is 5.24. The number of carbonyl (C=O) groups is 1. The molecule has 24 heavy (non-hydrogen) atoms. The molecule has 3 rings (SSSR count). The van der Waals surface area contributed by atoms with Crippen LogP contribution in [0.4, 0.5) is 0 Å².